The van der Waals surface area contributed by atoms with Gasteiger partial charge in [0, 0.05) is 11.1 Å². The van der Waals surface area contributed by atoms with E-state index in [4.69, 9.17) is 15.6 Å². The van der Waals surface area contributed by atoms with Crippen molar-refractivity contribution in [1.82, 2.24) is 4.98 Å². The number of aromatic carboxylic acids is 1. The van der Waals surface area contributed by atoms with Crippen LogP contribution in [0.25, 0.3) is 10.9 Å². The quantitative estimate of drug-likeness (QED) is 0.798. The monoisotopic (exact) mass is 218 g/mol. The number of anilines is 1. The molecule has 5 nitrogen and oxygen atoms in total. The van der Waals surface area contributed by atoms with Gasteiger partial charge in [0.15, 0.2) is 5.69 Å². The lowest BCUT2D eigenvalue weighted by Gasteiger charge is -2.05. The fourth-order valence-corrected chi connectivity index (χ4v) is 1.47. The van der Waals surface area contributed by atoms with E-state index in [0.717, 1.165) is 0 Å². The first kappa shape index (κ1) is 10.2. The van der Waals surface area contributed by atoms with E-state index in [2.05, 4.69) is 4.98 Å². The van der Waals surface area contributed by atoms with Gasteiger partial charge in [-0.2, -0.15) is 0 Å². The topological polar surface area (TPSA) is 85.4 Å². The standard InChI is InChI=1S/C11H10N2O3/c1-16-6-2-3-9-7(4-6)8(12)5-10(13-9)11(14)15/h2-5H,1H3,(H2,12,13)(H,14,15). The van der Waals surface area contributed by atoms with Crippen LogP contribution in [0.5, 0.6) is 5.75 Å². The lowest BCUT2D eigenvalue weighted by atomic mass is 10.1. The van der Waals surface area contributed by atoms with Gasteiger partial charge in [-0.25, -0.2) is 9.78 Å². The van der Waals surface area contributed by atoms with Crippen LogP contribution in [0.3, 0.4) is 0 Å². The lowest BCUT2D eigenvalue weighted by Crippen LogP contribution is -2.02. The number of nitrogens with two attached hydrogens (primary N) is 1. The number of rotatable bonds is 2. The van der Waals surface area contributed by atoms with E-state index >= 15 is 0 Å². The van der Waals surface area contributed by atoms with Gasteiger partial charge in [-0.1, -0.05) is 0 Å². The van der Waals surface area contributed by atoms with Gasteiger partial charge in [-0.15, -0.1) is 0 Å². The molecule has 0 spiro atoms. The van der Waals surface area contributed by atoms with Gasteiger partial charge in [0.05, 0.1) is 12.6 Å². The van der Waals surface area contributed by atoms with Crippen molar-refractivity contribution in [1.29, 1.82) is 0 Å². The summed E-state index contributed by atoms with van der Waals surface area (Å²) in [7, 11) is 1.55. The minimum Gasteiger partial charge on any atom is -0.497 e. The number of hydrogen-bond acceptors (Lipinski definition) is 4. The van der Waals surface area contributed by atoms with Crippen LogP contribution < -0.4 is 10.5 Å². The Kier molecular flexibility index (Phi) is 2.36. The first-order chi connectivity index (χ1) is 7.61. The van der Waals surface area contributed by atoms with E-state index in [0.29, 0.717) is 22.3 Å². The van der Waals surface area contributed by atoms with E-state index in [1.165, 1.54) is 6.07 Å². The molecule has 2 rings (SSSR count). The predicted molar refractivity (Wildman–Crippen MR) is 59.7 cm³/mol. The summed E-state index contributed by atoms with van der Waals surface area (Å²) >= 11 is 0. The smallest absolute Gasteiger partial charge is 0.354 e. The van der Waals surface area contributed by atoms with Crippen molar-refractivity contribution in [3.05, 3.63) is 30.0 Å². The summed E-state index contributed by atoms with van der Waals surface area (Å²) in [4.78, 5) is 14.8. The molecule has 1 aromatic heterocycles. The van der Waals surface area contributed by atoms with Crippen LogP contribution in [0.4, 0.5) is 5.69 Å². The van der Waals surface area contributed by atoms with Crippen LogP contribution in [-0.4, -0.2) is 23.2 Å². The third-order valence-electron chi connectivity index (χ3n) is 2.27. The number of pyridine rings is 1. The number of nitrogens with zero attached hydrogens (tertiary/aromatic N) is 1. The van der Waals surface area contributed by atoms with E-state index in [1.807, 2.05) is 0 Å². The molecule has 82 valence electrons. The highest BCUT2D eigenvalue weighted by Crippen LogP contribution is 2.25. The minimum atomic E-state index is -1.09. The number of hydrogen-bond donors (Lipinski definition) is 2. The number of methoxy groups -OCH3 is 1. The first-order valence-corrected chi connectivity index (χ1v) is 4.59. The van der Waals surface area contributed by atoms with Crippen molar-refractivity contribution in [2.45, 2.75) is 0 Å². The molecule has 0 bridgehead atoms. The maximum absolute atomic E-state index is 10.8. The number of carbonyl (C=O) groups is 1. The zero-order valence-electron chi connectivity index (χ0n) is 8.60. The molecule has 0 atom stereocenters. The molecule has 1 aromatic carbocycles. The Labute approximate surface area is 91.5 Å². The summed E-state index contributed by atoms with van der Waals surface area (Å²) < 4.78 is 5.06. The highest BCUT2D eigenvalue weighted by atomic mass is 16.5. The Hall–Kier alpha value is -2.30. The average Bonchev–Trinajstić information content (AvgIpc) is 2.28. The van der Waals surface area contributed by atoms with Crippen molar-refractivity contribution in [3.63, 3.8) is 0 Å². The molecule has 0 saturated heterocycles. The minimum absolute atomic E-state index is 0.0600. The third-order valence-corrected chi connectivity index (χ3v) is 2.27. The lowest BCUT2D eigenvalue weighted by molar-refractivity contribution is 0.0691. The zero-order valence-corrected chi connectivity index (χ0v) is 8.60. The van der Waals surface area contributed by atoms with Gasteiger partial charge < -0.3 is 15.6 Å². The van der Waals surface area contributed by atoms with Crippen molar-refractivity contribution in [2.24, 2.45) is 0 Å². The molecule has 0 unspecified atom stereocenters. The number of nitrogen functional groups attached to an aromatic ring is 1. The van der Waals surface area contributed by atoms with Gasteiger partial charge >= 0.3 is 5.97 Å². The molecule has 0 aliphatic heterocycles. The number of benzene rings is 1. The number of ether oxygens (including phenoxy) is 1. The molecule has 0 aliphatic carbocycles. The number of aromatic nitrogens is 1. The summed E-state index contributed by atoms with van der Waals surface area (Å²) in [6.45, 7) is 0. The van der Waals surface area contributed by atoms with Gasteiger partial charge in [-0.3, -0.25) is 0 Å². The Morgan fingerprint density at radius 3 is 2.81 bits per heavy atom. The summed E-state index contributed by atoms with van der Waals surface area (Å²) in [5, 5.41) is 9.51. The van der Waals surface area contributed by atoms with Crippen LogP contribution >= 0.6 is 0 Å². The highest BCUT2D eigenvalue weighted by Gasteiger charge is 2.09. The first-order valence-electron chi connectivity index (χ1n) is 4.59. The fraction of sp³-hybridized carbons (Fsp3) is 0.0909. The maximum Gasteiger partial charge on any atom is 0.354 e. The third kappa shape index (κ3) is 1.63. The van der Waals surface area contributed by atoms with Gasteiger partial charge in [0.1, 0.15) is 5.75 Å². The Morgan fingerprint density at radius 2 is 2.19 bits per heavy atom. The summed E-state index contributed by atoms with van der Waals surface area (Å²) in [6, 6.07) is 6.45. The second-order valence-corrected chi connectivity index (χ2v) is 3.28. The summed E-state index contributed by atoms with van der Waals surface area (Å²) in [5.41, 5.74) is 6.62. The highest BCUT2D eigenvalue weighted by molar-refractivity contribution is 5.96. The van der Waals surface area contributed by atoms with Crippen LogP contribution in [-0.2, 0) is 0 Å². The van der Waals surface area contributed by atoms with Crippen molar-refractivity contribution in [2.75, 3.05) is 12.8 Å². The Balaban J connectivity index is 2.71. The molecule has 5 heteroatoms. The SMILES string of the molecule is COc1ccc2nc(C(=O)O)cc(N)c2c1. The fourth-order valence-electron chi connectivity index (χ4n) is 1.47. The van der Waals surface area contributed by atoms with Crippen LogP contribution in [0.2, 0.25) is 0 Å². The molecule has 0 aliphatic rings. The molecular formula is C11H10N2O3. The normalized spacial score (nSPS) is 10.3. The van der Waals surface area contributed by atoms with Crippen LogP contribution in [0, 0.1) is 0 Å². The summed E-state index contributed by atoms with van der Waals surface area (Å²) in [6.07, 6.45) is 0. The van der Waals surface area contributed by atoms with Gasteiger partial charge in [0.2, 0.25) is 0 Å². The largest absolute Gasteiger partial charge is 0.497 e. The zero-order chi connectivity index (χ0) is 11.7. The molecular weight excluding hydrogens is 208 g/mol. The van der Waals surface area contributed by atoms with Crippen LogP contribution in [0.1, 0.15) is 10.5 Å². The van der Waals surface area contributed by atoms with Crippen molar-refractivity contribution >= 4 is 22.6 Å². The van der Waals surface area contributed by atoms with Crippen molar-refractivity contribution in [3.8, 4) is 5.75 Å². The molecule has 0 fully saturated rings. The molecule has 2 aromatic rings. The maximum atomic E-state index is 10.8. The molecule has 0 amide bonds. The van der Waals surface area contributed by atoms with E-state index in [-0.39, 0.29) is 5.69 Å². The van der Waals surface area contributed by atoms with E-state index in [1.54, 1.807) is 25.3 Å². The second kappa shape index (κ2) is 3.69. The summed E-state index contributed by atoms with van der Waals surface area (Å²) in [5.74, 6) is -0.437. The Bertz CT molecular complexity index is 566. The Morgan fingerprint density at radius 1 is 1.44 bits per heavy atom. The van der Waals surface area contributed by atoms with Crippen LogP contribution in [0.15, 0.2) is 24.3 Å². The second-order valence-electron chi connectivity index (χ2n) is 3.28. The number of fused-ring (bicyclic) bond motifs is 1. The van der Waals surface area contributed by atoms with Gasteiger partial charge in [-0.05, 0) is 24.3 Å². The van der Waals surface area contributed by atoms with E-state index in [9.17, 15) is 4.79 Å². The van der Waals surface area contributed by atoms with E-state index < -0.39 is 5.97 Å². The predicted octanol–water partition coefficient (Wildman–Crippen LogP) is 1.52. The molecule has 16 heavy (non-hydrogen) atoms. The molecule has 0 saturated carbocycles. The molecule has 0 radical (unpaired) electrons. The van der Waals surface area contributed by atoms with Crippen molar-refractivity contribution < 1.29 is 14.6 Å². The van der Waals surface area contributed by atoms with Gasteiger partial charge in [0.25, 0.3) is 0 Å². The number of carboxylic acid groups (broad SMARTS) is 1. The average molecular weight is 218 g/mol. The number of carboxylic acids is 1. The molecule has 3 N–H and O–H groups in total. The molecule has 1 heterocycles.